The first-order valence-corrected chi connectivity index (χ1v) is 7.87. The van der Waals surface area contributed by atoms with Gasteiger partial charge in [0.1, 0.15) is 0 Å². The Labute approximate surface area is 121 Å². The van der Waals surface area contributed by atoms with Crippen LogP contribution in [0, 0.1) is 5.92 Å². The van der Waals surface area contributed by atoms with Crippen LogP contribution in [0.2, 0.25) is 0 Å². The van der Waals surface area contributed by atoms with E-state index in [2.05, 4.69) is 29.7 Å². The van der Waals surface area contributed by atoms with Gasteiger partial charge in [0, 0.05) is 18.2 Å². The summed E-state index contributed by atoms with van der Waals surface area (Å²) in [5, 5.41) is 6.53. The molecule has 1 aliphatic heterocycles. The minimum absolute atomic E-state index is 0.134. The molecule has 3 nitrogen and oxygen atoms in total. The number of aryl methyl sites for hydroxylation is 2. The zero-order valence-electron chi connectivity index (χ0n) is 12.2. The van der Waals surface area contributed by atoms with E-state index >= 15 is 0 Å². The summed E-state index contributed by atoms with van der Waals surface area (Å²) in [4.78, 5) is 12.2. The summed E-state index contributed by atoms with van der Waals surface area (Å²) in [6.07, 6.45) is 6.62. The Hall–Kier alpha value is -1.35. The maximum atomic E-state index is 12.2. The van der Waals surface area contributed by atoms with E-state index in [0.29, 0.717) is 18.4 Å². The smallest absolute Gasteiger partial charge is 0.225 e. The van der Waals surface area contributed by atoms with Gasteiger partial charge in [-0.1, -0.05) is 13.0 Å². The van der Waals surface area contributed by atoms with E-state index in [1.54, 1.807) is 0 Å². The first-order valence-electron chi connectivity index (χ1n) is 7.87. The molecule has 3 heteroatoms. The van der Waals surface area contributed by atoms with Crippen molar-refractivity contribution >= 4 is 11.6 Å². The van der Waals surface area contributed by atoms with Gasteiger partial charge in [0.2, 0.25) is 5.91 Å². The number of rotatable bonds is 3. The molecule has 0 aromatic heterocycles. The van der Waals surface area contributed by atoms with Gasteiger partial charge in [0.25, 0.3) is 0 Å². The molecule has 1 aromatic carbocycles. The maximum Gasteiger partial charge on any atom is 0.225 e. The second kappa shape index (κ2) is 5.96. The lowest BCUT2D eigenvalue weighted by atomic mass is 9.90. The molecule has 2 N–H and O–H groups in total. The number of carbonyl (C=O) groups excluding carboxylic acids is 1. The fraction of sp³-hybridized carbons (Fsp3) is 0.588. The molecule has 108 valence electrons. The van der Waals surface area contributed by atoms with Crippen LogP contribution < -0.4 is 10.6 Å². The van der Waals surface area contributed by atoms with Crippen LogP contribution in [0.4, 0.5) is 5.69 Å². The fourth-order valence-corrected chi connectivity index (χ4v) is 3.45. The van der Waals surface area contributed by atoms with Crippen LogP contribution in [0.5, 0.6) is 0 Å². The Morgan fingerprint density at radius 2 is 2.15 bits per heavy atom. The molecule has 20 heavy (non-hydrogen) atoms. The molecule has 0 bridgehead atoms. The minimum Gasteiger partial charge on any atom is -0.326 e. The highest BCUT2D eigenvalue weighted by molar-refractivity contribution is 5.91. The molecule has 1 fully saturated rings. The van der Waals surface area contributed by atoms with Gasteiger partial charge < -0.3 is 10.6 Å². The van der Waals surface area contributed by atoms with Crippen molar-refractivity contribution in [2.75, 3.05) is 11.9 Å². The number of amides is 1. The van der Waals surface area contributed by atoms with Crippen LogP contribution >= 0.6 is 0 Å². The van der Waals surface area contributed by atoms with Gasteiger partial charge in [-0.25, -0.2) is 0 Å². The molecule has 1 heterocycles. The molecule has 3 rings (SSSR count). The molecule has 1 aromatic rings. The predicted molar refractivity (Wildman–Crippen MR) is 81.9 cm³/mol. The van der Waals surface area contributed by atoms with Gasteiger partial charge in [-0.2, -0.15) is 0 Å². The van der Waals surface area contributed by atoms with Crippen molar-refractivity contribution in [3.63, 3.8) is 0 Å². The average Bonchev–Trinajstić information content (AvgIpc) is 2.89. The maximum absolute atomic E-state index is 12.2. The van der Waals surface area contributed by atoms with E-state index in [1.807, 2.05) is 6.07 Å². The monoisotopic (exact) mass is 272 g/mol. The van der Waals surface area contributed by atoms with Crippen molar-refractivity contribution in [1.29, 1.82) is 0 Å². The van der Waals surface area contributed by atoms with Crippen LogP contribution in [0.1, 0.15) is 43.7 Å². The number of hydrogen-bond donors (Lipinski definition) is 2. The van der Waals surface area contributed by atoms with Crippen molar-refractivity contribution < 1.29 is 4.79 Å². The summed E-state index contributed by atoms with van der Waals surface area (Å²) in [6, 6.07) is 6.69. The lowest BCUT2D eigenvalue weighted by molar-refractivity contribution is -0.117. The second-order valence-corrected chi connectivity index (χ2v) is 6.27. The van der Waals surface area contributed by atoms with Gasteiger partial charge in [-0.3, -0.25) is 4.79 Å². The largest absolute Gasteiger partial charge is 0.326 e. The molecule has 1 amide bonds. The average molecular weight is 272 g/mol. The Balaban J connectivity index is 1.58. The van der Waals surface area contributed by atoms with Crippen LogP contribution in [-0.4, -0.2) is 18.5 Å². The highest BCUT2D eigenvalue weighted by Gasteiger charge is 2.23. The van der Waals surface area contributed by atoms with Crippen LogP contribution in [0.3, 0.4) is 0 Å². The van der Waals surface area contributed by atoms with Gasteiger partial charge in [-0.15, -0.1) is 0 Å². The van der Waals surface area contributed by atoms with Crippen molar-refractivity contribution in [1.82, 2.24) is 5.32 Å². The normalized spacial score (nSPS) is 25.2. The number of hydrogen-bond acceptors (Lipinski definition) is 2. The number of fused-ring (bicyclic) bond motifs is 1. The quantitative estimate of drug-likeness (QED) is 0.888. The zero-order valence-corrected chi connectivity index (χ0v) is 12.2. The third-order valence-corrected chi connectivity index (χ3v) is 4.72. The Kier molecular flexibility index (Phi) is 4.06. The molecular weight excluding hydrogens is 248 g/mol. The zero-order chi connectivity index (χ0) is 13.9. The highest BCUT2D eigenvalue weighted by atomic mass is 16.1. The lowest BCUT2D eigenvalue weighted by Crippen LogP contribution is -2.42. The first-order chi connectivity index (χ1) is 9.72. The Bertz CT molecular complexity index is 498. The number of carbonyl (C=O) groups is 1. The van der Waals surface area contributed by atoms with Gasteiger partial charge >= 0.3 is 0 Å². The molecule has 0 spiro atoms. The SMILES string of the molecule is CC1CCCNC1CC(=O)Nc1ccc2c(c1)CCC2. The second-order valence-electron chi connectivity index (χ2n) is 6.27. The summed E-state index contributed by atoms with van der Waals surface area (Å²) in [5.74, 6) is 0.726. The van der Waals surface area contributed by atoms with Crippen LogP contribution in [0.15, 0.2) is 18.2 Å². The molecule has 2 atom stereocenters. The predicted octanol–water partition coefficient (Wildman–Crippen LogP) is 2.89. The number of nitrogens with one attached hydrogen (secondary N) is 2. The summed E-state index contributed by atoms with van der Waals surface area (Å²) in [6.45, 7) is 3.28. The number of anilines is 1. The van der Waals surface area contributed by atoms with Gasteiger partial charge in [0.15, 0.2) is 0 Å². The third-order valence-electron chi connectivity index (χ3n) is 4.72. The van der Waals surface area contributed by atoms with Crippen molar-refractivity contribution in [3.8, 4) is 0 Å². The van der Waals surface area contributed by atoms with Crippen LogP contribution in [-0.2, 0) is 17.6 Å². The number of piperidine rings is 1. The van der Waals surface area contributed by atoms with Crippen molar-refractivity contribution in [2.24, 2.45) is 5.92 Å². The van der Waals surface area contributed by atoms with Crippen LogP contribution in [0.25, 0.3) is 0 Å². The molecule has 2 aliphatic rings. The van der Waals surface area contributed by atoms with E-state index in [-0.39, 0.29) is 5.91 Å². The highest BCUT2D eigenvalue weighted by Crippen LogP contribution is 2.25. The van der Waals surface area contributed by atoms with Crippen molar-refractivity contribution in [3.05, 3.63) is 29.3 Å². The number of benzene rings is 1. The van der Waals surface area contributed by atoms with E-state index < -0.39 is 0 Å². The summed E-state index contributed by atoms with van der Waals surface area (Å²) in [5.41, 5.74) is 3.82. The summed E-state index contributed by atoms with van der Waals surface area (Å²) in [7, 11) is 0. The van der Waals surface area contributed by atoms with Gasteiger partial charge in [0.05, 0.1) is 0 Å². The van der Waals surface area contributed by atoms with E-state index in [1.165, 1.54) is 36.8 Å². The molecule has 0 radical (unpaired) electrons. The topological polar surface area (TPSA) is 41.1 Å². The van der Waals surface area contributed by atoms with E-state index in [4.69, 9.17) is 0 Å². The molecule has 1 aliphatic carbocycles. The summed E-state index contributed by atoms with van der Waals surface area (Å²) < 4.78 is 0. The molecule has 0 saturated carbocycles. The lowest BCUT2D eigenvalue weighted by Gasteiger charge is -2.29. The summed E-state index contributed by atoms with van der Waals surface area (Å²) >= 11 is 0. The Morgan fingerprint density at radius 3 is 3.00 bits per heavy atom. The molecule has 2 unspecified atom stereocenters. The third kappa shape index (κ3) is 3.04. The van der Waals surface area contributed by atoms with E-state index in [0.717, 1.165) is 18.7 Å². The van der Waals surface area contributed by atoms with Crippen molar-refractivity contribution in [2.45, 2.75) is 51.5 Å². The molecular formula is C17H24N2O. The fourth-order valence-electron chi connectivity index (χ4n) is 3.45. The first kappa shape index (κ1) is 13.6. The Morgan fingerprint density at radius 1 is 1.30 bits per heavy atom. The van der Waals surface area contributed by atoms with E-state index in [9.17, 15) is 4.79 Å². The van der Waals surface area contributed by atoms with Gasteiger partial charge in [-0.05, 0) is 67.8 Å². The minimum atomic E-state index is 0.134. The molecule has 1 saturated heterocycles. The standard InChI is InChI=1S/C17H24N2O/c1-12-4-3-9-18-16(12)11-17(20)19-15-8-7-13-5-2-6-14(13)10-15/h7-8,10,12,16,18H,2-6,9,11H2,1H3,(H,19,20).